The maximum Gasteiger partial charge on any atom is 0.223 e. The molecule has 7 rings (SSSR count). The molecule has 1 saturated carbocycles. The van der Waals surface area contributed by atoms with E-state index in [-0.39, 0.29) is 12.7 Å². The van der Waals surface area contributed by atoms with Crippen molar-refractivity contribution in [3.05, 3.63) is 179 Å². The quantitative estimate of drug-likeness (QED) is 0.147. The molecule has 2 fully saturated rings. The van der Waals surface area contributed by atoms with Gasteiger partial charge in [-0.1, -0.05) is 152 Å². The fourth-order valence-corrected chi connectivity index (χ4v) is 6.48. The average molecular weight is 629 g/mol. The molecule has 1 heterocycles. The van der Waals surface area contributed by atoms with Crippen LogP contribution >= 0.6 is 0 Å². The Bertz CT molecular complexity index is 1670. The molecule has 2 aliphatic rings. The highest BCUT2D eigenvalue weighted by Gasteiger charge is 2.73. The molecule has 47 heavy (non-hydrogen) atoms. The highest BCUT2D eigenvalue weighted by atomic mass is 16.7. The van der Waals surface area contributed by atoms with Gasteiger partial charge in [0.05, 0.1) is 32.5 Å². The van der Waals surface area contributed by atoms with Gasteiger partial charge in [0.1, 0.15) is 23.9 Å². The first kappa shape index (κ1) is 31.5. The monoisotopic (exact) mass is 628 g/mol. The Hall–Kier alpha value is -4.14. The van der Waals surface area contributed by atoms with Gasteiger partial charge in [-0.25, -0.2) is 0 Å². The maximum atomic E-state index is 12.8. The van der Waals surface area contributed by atoms with Crippen molar-refractivity contribution in [2.24, 2.45) is 0 Å². The molecule has 5 aromatic rings. The van der Waals surface area contributed by atoms with E-state index in [9.17, 15) is 5.11 Å². The zero-order chi connectivity index (χ0) is 31.9. The molecule has 0 bridgehead atoms. The molecule has 1 N–H and O–H groups in total. The summed E-state index contributed by atoms with van der Waals surface area (Å²) in [4.78, 5) is 0. The summed E-state index contributed by atoms with van der Waals surface area (Å²) in [5.74, 6) is -1.85. The standard InChI is InChI=1S/C41H40O6/c42-41(35-24-14-5-15-25-35)39(46-30-34-22-12-4-13-23-34)37(44-28-32-18-8-2-9-19-32)38(45-29-33-20-10-3-11-21-33)40(47-41)26-36(40)43-27-31-16-6-1-7-17-31/h1-25,36-39,42H,26-30H2/t36-,37+,38+,39-,40?,41?/m1/s1. The minimum atomic E-state index is -1.85. The van der Waals surface area contributed by atoms with E-state index in [2.05, 4.69) is 0 Å². The third-order valence-electron chi connectivity index (χ3n) is 9.01. The number of hydrogen-bond donors (Lipinski definition) is 1. The first-order valence-corrected chi connectivity index (χ1v) is 16.2. The first-order valence-electron chi connectivity index (χ1n) is 16.2. The summed E-state index contributed by atoms with van der Waals surface area (Å²) >= 11 is 0. The van der Waals surface area contributed by atoms with Crippen molar-refractivity contribution in [2.45, 2.75) is 68.7 Å². The van der Waals surface area contributed by atoms with E-state index >= 15 is 0 Å². The van der Waals surface area contributed by atoms with Crippen LogP contribution in [0.2, 0.25) is 0 Å². The van der Waals surface area contributed by atoms with Gasteiger partial charge in [0.2, 0.25) is 5.79 Å². The Kier molecular flexibility index (Phi) is 9.58. The van der Waals surface area contributed by atoms with E-state index in [0.29, 0.717) is 31.8 Å². The predicted molar refractivity (Wildman–Crippen MR) is 179 cm³/mol. The second-order valence-electron chi connectivity index (χ2n) is 12.3. The molecule has 6 heteroatoms. The number of aliphatic hydroxyl groups is 1. The van der Waals surface area contributed by atoms with Crippen LogP contribution < -0.4 is 0 Å². The summed E-state index contributed by atoms with van der Waals surface area (Å²) in [5, 5.41) is 12.8. The first-order chi connectivity index (χ1) is 23.1. The minimum absolute atomic E-state index is 0.252. The van der Waals surface area contributed by atoms with Crippen LogP contribution in [0.5, 0.6) is 0 Å². The van der Waals surface area contributed by atoms with Crippen LogP contribution in [0.15, 0.2) is 152 Å². The molecule has 1 aliphatic carbocycles. The van der Waals surface area contributed by atoms with Crippen molar-refractivity contribution in [3.8, 4) is 0 Å². The molecule has 0 radical (unpaired) electrons. The topological polar surface area (TPSA) is 66.4 Å². The molecule has 0 amide bonds. The van der Waals surface area contributed by atoms with Gasteiger partial charge in [-0.05, 0) is 22.3 Å². The molecular formula is C41H40O6. The zero-order valence-corrected chi connectivity index (χ0v) is 26.3. The molecule has 1 aliphatic heterocycles. The SMILES string of the molecule is OC1(c2ccccc2)OC2(C[C@H]2OCc2ccccc2)[C@@H](OCc2ccccc2)[C@H](OCc2ccccc2)[C@H]1OCc1ccccc1. The lowest BCUT2D eigenvalue weighted by Crippen LogP contribution is -2.67. The molecule has 1 spiro atoms. The molecule has 240 valence electrons. The highest BCUT2D eigenvalue weighted by Crippen LogP contribution is 2.57. The van der Waals surface area contributed by atoms with Crippen molar-refractivity contribution in [1.29, 1.82) is 0 Å². The number of hydrogen-bond acceptors (Lipinski definition) is 6. The summed E-state index contributed by atoms with van der Waals surface area (Å²) in [5.41, 5.74) is 3.67. The van der Waals surface area contributed by atoms with Crippen LogP contribution in [0.25, 0.3) is 0 Å². The minimum Gasteiger partial charge on any atom is -0.370 e. The highest BCUT2D eigenvalue weighted by molar-refractivity contribution is 5.29. The van der Waals surface area contributed by atoms with Crippen molar-refractivity contribution in [1.82, 2.24) is 0 Å². The van der Waals surface area contributed by atoms with E-state index in [4.69, 9.17) is 23.7 Å². The molecule has 1 saturated heterocycles. The molecule has 2 unspecified atom stereocenters. The third-order valence-corrected chi connectivity index (χ3v) is 9.01. The largest absolute Gasteiger partial charge is 0.370 e. The summed E-state index contributed by atoms with van der Waals surface area (Å²) in [7, 11) is 0. The second kappa shape index (κ2) is 14.3. The summed E-state index contributed by atoms with van der Waals surface area (Å²) < 4.78 is 33.8. The van der Waals surface area contributed by atoms with Crippen molar-refractivity contribution >= 4 is 0 Å². The van der Waals surface area contributed by atoms with Crippen LogP contribution in [0, 0.1) is 0 Å². The van der Waals surface area contributed by atoms with Gasteiger partial charge in [-0.15, -0.1) is 0 Å². The van der Waals surface area contributed by atoms with E-state index < -0.39 is 29.7 Å². The second-order valence-corrected chi connectivity index (χ2v) is 12.3. The Morgan fingerprint density at radius 2 is 0.872 bits per heavy atom. The Balaban J connectivity index is 1.27. The predicted octanol–water partition coefficient (Wildman–Crippen LogP) is 7.35. The zero-order valence-electron chi connectivity index (χ0n) is 26.3. The van der Waals surface area contributed by atoms with Crippen molar-refractivity contribution < 1.29 is 28.8 Å². The number of rotatable bonds is 13. The normalized spacial score (nSPS) is 26.7. The van der Waals surface area contributed by atoms with Gasteiger partial charge < -0.3 is 28.8 Å². The third kappa shape index (κ3) is 7.09. The lowest BCUT2D eigenvalue weighted by molar-refractivity contribution is -0.387. The Morgan fingerprint density at radius 3 is 1.34 bits per heavy atom. The van der Waals surface area contributed by atoms with Crippen LogP contribution in [0.1, 0.15) is 34.2 Å². The summed E-state index contributed by atoms with van der Waals surface area (Å²) in [6.07, 6.45) is -2.07. The van der Waals surface area contributed by atoms with Crippen LogP contribution in [-0.2, 0) is 55.9 Å². The lowest BCUT2D eigenvalue weighted by Gasteiger charge is -2.51. The molecule has 6 nitrogen and oxygen atoms in total. The van der Waals surface area contributed by atoms with Gasteiger partial charge in [0.25, 0.3) is 0 Å². The van der Waals surface area contributed by atoms with Crippen LogP contribution in [-0.4, -0.2) is 35.1 Å². The van der Waals surface area contributed by atoms with E-state index in [1.165, 1.54) is 0 Å². The van der Waals surface area contributed by atoms with Gasteiger partial charge in [0, 0.05) is 12.0 Å². The lowest BCUT2D eigenvalue weighted by atomic mass is 9.86. The van der Waals surface area contributed by atoms with E-state index in [0.717, 1.165) is 22.3 Å². The summed E-state index contributed by atoms with van der Waals surface area (Å²) in [6.45, 7) is 1.30. The van der Waals surface area contributed by atoms with Gasteiger partial charge in [0.15, 0.2) is 0 Å². The Morgan fingerprint density at radius 1 is 0.489 bits per heavy atom. The van der Waals surface area contributed by atoms with E-state index in [1.807, 2.05) is 152 Å². The van der Waals surface area contributed by atoms with Gasteiger partial charge in [-0.3, -0.25) is 0 Å². The summed E-state index contributed by atoms with van der Waals surface area (Å²) in [6, 6.07) is 49.5. The maximum absolute atomic E-state index is 12.8. The van der Waals surface area contributed by atoms with Gasteiger partial charge >= 0.3 is 0 Å². The number of benzene rings is 5. The molecular weight excluding hydrogens is 588 g/mol. The van der Waals surface area contributed by atoms with Gasteiger partial charge in [-0.2, -0.15) is 0 Å². The molecule has 0 aromatic heterocycles. The number of ether oxygens (including phenoxy) is 5. The van der Waals surface area contributed by atoms with Crippen LogP contribution in [0.4, 0.5) is 0 Å². The van der Waals surface area contributed by atoms with Crippen molar-refractivity contribution in [3.63, 3.8) is 0 Å². The average Bonchev–Trinajstić information content (AvgIpc) is 3.82. The smallest absolute Gasteiger partial charge is 0.223 e. The Labute approximate surface area is 276 Å². The fourth-order valence-electron chi connectivity index (χ4n) is 6.48. The van der Waals surface area contributed by atoms with E-state index in [1.54, 1.807) is 0 Å². The molecule has 6 atom stereocenters. The van der Waals surface area contributed by atoms with Crippen molar-refractivity contribution in [2.75, 3.05) is 0 Å². The van der Waals surface area contributed by atoms with Crippen LogP contribution in [0.3, 0.4) is 0 Å². The molecule has 5 aromatic carbocycles. The fraction of sp³-hybridized carbons (Fsp3) is 0.268.